The molecule has 1 amide bonds. The molecule has 1 aliphatic rings. The van der Waals surface area contributed by atoms with Gasteiger partial charge < -0.3 is 15.5 Å². The van der Waals surface area contributed by atoms with Gasteiger partial charge in [0.2, 0.25) is 5.91 Å². The number of nitrogens with one attached hydrogen (secondary N) is 2. The predicted octanol–water partition coefficient (Wildman–Crippen LogP) is 4.20. The van der Waals surface area contributed by atoms with Crippen molar-refractivity contribution in [3.8, 4) is 0 Å². The van der Waals surface area contributed by atoms with E-state index in [1.807, 2.05) is 43.3 Å². The Labute approximate surface area is 180 Å². The molecule has 3 aromatic rings. The fraction of sp³-hybridized carbons (Fsp3) is 0.208. The lowest BCUT2D eigenvalue weighted by Crippen LogP contribution is -2.48. The first kappa shape index (κ1) is 20.7. The van der Waals surface area contributed by atoms with Crippen molar-refractivity contribution in [2.24, 2.45) is 0 Å². The Hall–Kier alpha value is -3.58. The molecule has 158 valence electrons. The molecule has 2 heterocycles. The number of fused-ring (bicyclic) bond motifs is 1. The normalized spacial score (nSPS) is 16.6. The summed E-state index contributed by atoms with van der Waals surface area (Å²) in [7, 11) is 0. The number of carbonyl (C=O) groups excluding carboxylic acids is 1. The molecule has 0 bridgehead atoms. The molecule has 1 aromatic heterocycles. The van der Waals surface area contributed by atoms with E-state index >= 15 is 4.39 Å². The van der Waals surface area contributed by atoms with Gasteiger partial charge in [-0.2, -0.15) is 0 Å². The summed E-state index contributed by atoms with van der Waals surface area (Å²) in [4.78, 5) is 22.6. The fourth-order valence-corrected chi connectivity index (χ4v) is 3.82. The molecule has 0 spiro atoms. The standard InChI is InChI=1S/C24H24FN5O/c1-3-5-16-6-8-17(9-7-16)29-24-19-12-20(25)18(13-21(19)27-15-28-24)22-14-26-10-11-30(22)23(31)4-2/h3-9,12-13,15,22,26H,2,10-11,14H2,1H3,(H,27,28,29)/b5-3+. The average Bonchev–Trinajstić information content (AvgIpc) is 2.80. The second-order valence-corrected chi connectivity index (χ2v) is 7.32. The third-order valence-electron chi connectivity index (χ3n) is 5.35. The first-order valence-corrected chi connectivity index (χ1v) is 10.2. The number of nitrogens with zero attached hydrogens (tertiary/aromatic N) is 3. The maximum atomic E-state index is 15.2. The van der Waals surface area contributed by atoms with E-state index < -0.39 is 11.9 Å². The summed E-state index contributed by atoms with van der Waals surface area (Å²) in [5.41, 5.74) is 2.97. The lowest BCUT2D eigenvalue weighted by Gasteiger charge is -2.36. The average molecular weight is 417 g/mol. The number of piperazine rings is 1. The lowest BCUT2D eigenvalue weighted by molar-refractivity contribution is -0.129. The van der Waals surface area contributed by atoms with Crippen molar-refractivity contribution in [1.29, 1.82) is 0 Å². The Balaban J connectivity index is 1.68. The largest absolute Gasteiger partial charge is 0.340 e. The van der Waals surface area contributed by atoms with Crippen LogP contribution in [0, 0.1) is 5.82 Å². The summed E-state index contributed by atoms with van der Waals surface area (Å²) >= 11 is 0. The number of rotatable bonds is 5. The van der Waals surface area contributed by atoms with Crippen LogP contribution in [0.1, 0.15) is 24.1 Å². The molecule has 1 atom stereocenters. The highest BCUT2D eigenvalue weighted by Gasteiger charge is 2.29. The molecule has 1 saturated heterocycles. The summed E-state index contributed by atoms with van der Waals surface area (Å²) in [6, 6.07) is 10.6. The van der Waals surface area contributed by atoms with Crippen LogP contribution in [-0.2, 0) is 4.79 Å². The van der Waals surface area contributed by atoms with Crippen LogP contribution in [-0.4, -0.2) is 40.4 Å². The van der Waals surface area contributed by atoms with Crippen molar-refractivity contribution in [3.05, 3.63) is 78.4 Å². The number of halogens is 1. The van der Waals surface area contributed by atoms with Gasteiger partial charge in [0.25, 0.3) is 0 Å². The zero-order chi connectivity index (χ0) is 21.8. The number of anilines is 2. The minimum absolute atomic E-state index is 0.211. The minimum Gasteiger partial charge on any atom is -0.340 e. The van der Waals surface area contributed by atoms with Crippen molar-refractivity contribution < 1.29 is 9.18 Å². The van der Waals surface area contributed by atoms with Crippen LogP contribution in [0.25, 0.3) is 17.0 Å². The molecule has 7 heteroatoms. The van der Waals surface area contributed by atoms with Gasteiger partial charge in [-0.25, -0.2) is 14.4 Å². The van der Waals surface area contributed by atoms with E-state index in [1.165, 1.54) is 18.5 Å². The van der Waals surface area contributed by atoms with Crippen LogP contribution in [0.4, 0.5) is 15.9 Å². The minimum atomic E-state index is -0.422. The molecule has 2 N–H and O–H groups in total. The zero-order valence-electron chi connectivity index (χ0n) is 17.3. The summed E-state index contributed by atoms with van der Waals surface area (Å²) in [5, 5.41) is 7.05. The Morgan fingerprint density at radius 3 is 2.84 bits per heavy atom. The Morgan fingerprint density at radius 1 is 1.29 bits per heavy atom. The lowest BCUT2D eigenvalue weighted by atomic mass is 10.0. The van der Waals surface area contributed by atoms with E-state index in [0.29, 0.717) is 41.9 Å². The number of hydrogen-bond acceptors (Lipinski definition) is 5. The number of benzene rings is 2. The van der Waals surface area contributed by atoms with Crippen molar-refractivity contribution in [1.82, 2.24) is 20.2 Å². The molecule has 4 rings (SSSR count). The first-order chi connectivity index (χ1) is 15.1. The zero-order valence-corrected chi connectivity index (χ0v) is 17.3. The topological polar surface area (TPSA) is 70.2 Å². The molecule has 0 saturated carbocycles. The van der Waals surface area contributed by atoms with E-state index in [4.69, 9.17) is 0 Å². The van der Waals surface area contributed by atoms with E-state index in [9.17, 15) is 4.79 Å². The molecule has 1 fully saturated rings. The first-order valence-electron chi connectivity index (χ1n) is 10.2. The van der Waals surface area contributed by atoms with Crippen LogP contribution in [0.2, 0.25) is 0 Å². The number of amides is 1. The molecule has 2 aromatic carbocycles. The number of aromatic nitrogens is 2. The van der Waals surface area contributed by atoms with Crippen LogP contribution in [0.15, 0.2) is 61.5 Å². The Kier molecular flexibility index (Phi) is 6.04. The second kappa shape index (κ2) is 9.06. The molecule has 6 nitrogen and oxygen atoms in total. The van der Waals surface area contributed by atoms with Crippen LogP contribution >= 0.6 is 0 Å². The van der Waals surface area contributed by atoms with Crippen LogP contribution in [0.5, 0.6) is 0 Å². The van der Waals surface area contributed by atoms with Crippen molar-refractivity contribution >= 4 is 34.4 Å². The second-order valence-electron chi connectivity index (χ2n) is 7.32. The molecule has 31 heavy (non-hydrogen) atoms. The third-order valence-corrected chi connectivity index (χ3v) is 5.35. The summed E-state index contributed by atoms with van der Waals surface area (Å²) in [5.74, 6) is -0.0863. The monoisotopic (exact) mass is 417 g/mol. The van der Waals surface area contributed by atoms with E-state index in [-0.39, 0.29) is 5.91 Å². The van der Waals surface area contributed by atoms with Gasteiger partial charge in [-0.1, -0.05) is 30.9 Å². The SMILES string of the molecule is C=CC(=O)N1CCNCC1c1cc2ncnc(Nc3ccc(/C=C/C)cc3)c2cc1F. The summed E-state index contributed by atoms with van der Waals surface area (Å²) in [6.07, 6.45) is 6.71. The molecule has 0 radical (unpaired) electrons. The van der Waals surface area contributed by atoms with Gasteiger partial charge in [-0.15, -0.1) is 0 Å². The van der Waals surface area contributed by atoms with Crippen molar-refractivity contribution in [3.63, 3.8) is 0 Å². The molecule has 0 aliphatic carbocycles. The Morgan fingerprint density at radius 2 is 2.10 bits per heavy atom. The van der Waals surface area contributed by atoms with Crippen LogP contribution < -0.4 is 10.6 Å². The molecular formula is C24H24FN5O. The van der Waals surface area contributed by atoms with Gasteiger partial charge in [0.05, 0.1) is 11.6 Å². The van der Waals surface area contributed by atoms with Gasteiger partial charge in [-0.05, 0) is 42.8 Å². The van der Waals surface area contributed by atoms with Gasteiger partial charge >= 0.3 is 0 Å². The van der Waals surface area contributed by atoms with Gasteiger partial charge in [0.1, 0.15) is 18.0 Å². The number of carbonyl (C=O) groups is 1. The summed E-state index contributed by atoms with van der Waals surface area (Å²) in [6.45, 7) is 7.16. The third kappa shape index (κ3) is 4.32. The van der Waals surface area contributed by atoms with E-state index in [1.54, 1.807) is 11.0 Å². The van der Waals surface area contributed by atoms with Crippen LogP contribution in [0.3, 0.4) is 0 Å². The highest BCUT2D eigenvalue weighted by atomic mass is 19.1. The van der Waals surface area contributed by atoms with Gasteiger partial charge in [0, 0.05) is 36.3 Å². The fourth-order valence-electron chi connectivity index (χ4n) is 3.82. The highest BCUT2D eigenvalue weighted by Crippen LogP contribution is 2.31. The number of allylic oxidation sites excluding steroid dienone is 1. The molecule has 1 unspecified atom stereocenters. The van der Waals surface area contributed by atoms with Gasteiger partial charge in [-0.3, -0.25) is 4.79 Å². The van der Waals surface area contributed by atoms with E-state index in [2.05, 4.69) is 27.2 Å². The van der Waals surface area contributed by atoms with Gasteiger partial charge in [0.15, 0.2) is 0 Å². The predicted molar refractivity (Wildman–Crippen MR) is 121 cm³/mol. The molecular weight excluding hydrogens is 393 g/mol. The maximum absolute atomic E-state index is 15.2. The highest BCUT2D eigenvalue weighted by molar-refractivity contribution is 5.91. The van der Waals surface area contributed by atoms with E-state index in [0.717, 1.165) is 11.3 Å². The Bertz CT molecular complexity index is 1140. The molecule has 1 aliphatic heterocycles. The maximum Gasteiger partial charge on any atom is 0.246 e. The smallest absolute Gasteiger partial charge is 0.246 e. The number of hydrogen-bond donors (Lipinski definition) is 2. The van der Waals surface area contributed by atoms with Crippen molar-refractivity contribution in [2.45, 2.75) is 13.0 Å². The summed E-state index contributed by atoms with van der Waals surface area (Å²) < 4.78 is 15.2. The quantitative estimate of drug-likeness (QED) is 0.609. The van der Waals surface area contributed by atoms with Crippen molar-refractivity contribution in [2.75, 3.05) is 25.0 Å².